The highest BCUT2D eigenvalue weighted by Crippen LogP contribution is 2.21. The minimum Gasteiger partial charge on any atom is -0.120 e. The van der Waals surface area contributed by atoms with Gasteiger partial charge in [0.2, 0.25) is 0 Å². The summed E-state index contributed by atoms with van der Waals surface area (Å²) in [5.41, 5.74) is 3.65. The first kappa shape index (κ1) is 39.9. The Morgan fingerprint density at radius 1 is 1.00 bits per heavy atom. The van der Waals surface area contributed by atoms with Crippen LogP contribution in [0.15, 0.2) is 98.2 Å². The molecule has 0 aromatic rings. The summed E-state index contributed by atoms with van der Waals surface area (Å²) in [5.74, 6) is 2.75. The van der Waals surface area contributed by atoms with Gasteiger partial charge in [-0.05, 0) is 50.2 Å². The van der Waals surface area contributed by atoms with E-state index in [-0.39, 0.29) is 0 Å². The molecule has 0 saturated heterocycles. The highest BCUT2D eigenvalue weighted by atomic mass is 14.1. The van der Waals surface area contributed by atoms with Gasteiger partial charge in [-0.1, -0.05) is 128 Å². The van der Waals surface area contributed by atoms with Gasteiger partial charge >= 0.3 is 0 Å². The zero-order valence-electron chi connectivity index (χ0n) is 22.8. The summed E-state index contributed by atoms with van der Waals surface area (Å²) in [6.07, 6.45) is 26.7. The van der Waals surface area contributed by atoms with Gasteiger partial charge in [0.1, 0.15) is 0 Å². The van der Waals surface area contributed by atoms with Gasteiger partial charge in [-0.3, -0.25) is 0 Å². The molecule has 0 aliphatic rings. The van der Waals surface area contributed by atoms with Crippen LogP contribution in [0.1, 0.15) is 87.5 Å². The van der Waals surface area contributed by atoms with Gasteiger partial charge in [0.05, 0.1) is 0 Å². The molecule has 0 nitrogen and oxygen atoms in total. The second-order valence-electron chi connectivity index (χ2n) is 6.64. The van der Waals surface area contributed by atoms with Crippen LogP contribution >= 0.6 is 0 Å². The van der Waals surface area contributed by atoms with Gasteiger partial charge < -0.3 is 0 Å². The maximum absolute atomic E-state index is 4.60. The third kappa shape index (κ3) is 38.1. The van der Waals surface area contributed by atoms with Gasteiger partial charge in [0.25, 0.3) is 0 Å². The molecule has 0 atom stereocenters. The Balaban J connectivity index is -0.000000134. The van der Waals surface area contributed by atoms with Crippen molar-refractivity contribution >= 4 is 0 Å². The highest BCUT2D eigenvalue weighted by Gasteiger charge is 2.02. The molecule has 0 aliphatic carbocycles. The van der Waals surface area contributed by atoms with Crippen LogP contribution in [0.2, 0.25) is 0 Å². The lowest BCUT2D eigenvalue weighted by atomic mass is 9.96. The van der Waals surface area contributed by atoms with Crippen molar-refractivity contribution < 1.29 is 0 Å². The summed E-state index contributed by atoms with van der Waals surface area (Å²) in [7, 11) is 0. The molecule has 0 aromatic carbocycles. The molecule has 0 bridgehead atoms. The Morgan fingerprint density at radius 3 is 1.91 bits per heavy atom. The van der Waals surface area contributed by atoms with Gasteiger partial charge in [-0.2, -0.15) is 0 Å². The fraction of sp³-hybridized carbons (Fsp3) is 0.438. The summed E-state index contributed by atoms with van der Waals surface area (Å²) in [4.78, 5) is 0. The fourth-order valence-corrected chi connectivity index (χ4v) is 1.90. The normalized spacial score (nSPS) is 9.94. The Morgan fingerprint density at radius 2 is 1.53 bits per heavy atom. The van der Waals surface area contributed by atoms with Crippen molar-refractivity contribution in [2.75, 3.05) is 0 Å². The number of hydrogen-bond donors (Lipinski definition) is 0. The second-order valence-corrected chi connectivity index (χ2v) is 6.64. The molecule has 0 aliphatic heterocycles. The van der Waals surface area contributed by atoms with Crippen LogP contribution in [0.3, 0.4) is 0 Å². The summed E-state index contributed by atoms with van der Waals surface area (Å²) >= 11 is 0. The molecule has 32 heavy (non-hydrogen) atoms. The predicted molar refractivity (Wildman–Crippen MR) is 156 cm³/mol. The van der Waals surface area contributed by atoms with E-state index in [1.165, 1.54) is 36.0 Å². The number of hydrogen-bond acceptors (Lipinski definition) is 0. The van der Waals surface area contributed by atoms with E-state index >= 15 is 0 Å². The molecule has 0 amide bonds. The van der Waals surface area contributed by atoms with E-state index in [1.54, 1.807) is 13.0 Å². The van der Waals surface area contributed by atoms with E-state index in [4.69, 9.17) is 0 Å². The molecule has 0 radical (unpaired) electrons. The van der Waals surface area contributed by atoms with Gasteiger partial charge in [0.15, 0.2) is 0 Å². The molecule has 0 saturated carbocycles. The Labute approximate surface area is 204 Å². The molecule has 0 fully saturated rings. The van der Waals surface area contributed by atoms with E-state index in [1.807, 2.05) is 39.0 Å². The molecule has 0 spiro atoms. The average molecular weight is 439 g/mol. The van der Waals surface area contributed by atoms with Gasteiger partial charge in [0, 0.05) is 0 Å². The first-order valence-electron chi connectivity index (χ1n) is 11.9. The van der Waals surface area contributed by atoms with Crippen molar-refractivity contribution in [2.24, 2.45) is 5.92 Å². The standard InChI is InChI=1S/C17H28.C8H12.C3H4.C2H6.C2H4/c1-7-9-10-12-15(5)17(11-8-2)13-16(6)14(3)4;1-3-5-7-8-6-4-2;1-3-2;2*1-2/h8,11,13-14H,5-7,9-10,12H2,1-4H3;3,5-8H,1,4H2,2H3;1H,2H3;1-2H3;1-2H2/b11-8-,17-13+;7-5-,8-6-;;;. The third-order valence-electron chi connectivity index (χ3n) is 3.65. The lowest BCUT2D eigenvalue weighted by Crippen LogP contribution is -1.92. The molecule has 0 unspecified atom stereocenters. The summed E-state index contributed by atoms with van der Waals surface area (Å²) in [6, 6.07) is 0. The Kier molecular flexibility index (Phi) is 48.6. The first-order chi connectivity index (χ1) is 15.4. The number of rotatable bonds is 11. The SMILES string of the molecule is C#CC.C=C.C=C(CCCCC)C(/C=C\C)=C/C(=C)C(C)C.C=C/C=C\C=C/CC.CC. The molecule has 182 valence electrons. The summed E-state index contributed by atoms with van der Waals surface area (Å²) < 4.78 is 0. The Bertz CT molecular complexity index is 568. The van der Waals surface area contributed by atoms with Crippen molar-refractivity contribution in [3.63, 3.8) is 0 Å². The minimum atomic E-state index is 0.499. The van der Waals surface area contributed by atoms with Crippen LogP contribution in [0.25, 0.3) is 0 Å². The lowest BCUT2D eigenvalue weighted by molar-refractivity contribution is 0.717. The molecular formula is C32H54. The topological polar surface area (TPSA) is 0 Å². The van der Waals surface area contributed by atoms with E-state index < -0.39 is 0 Å². The number of terminal acetylenes is 1. The molecule has 0 N–H and O–H groups in total. The van der Waals surface area contributed by atoms with Crippen LogP contribution in [-0.4, -0.2) is 0 Å². The van der Waals surface area contributed by atoms with Crippen molar-refractivity contribution in [1.82, 2.24) is 0 Å². The molecular weight excluding hydrogens is 384 g/mol. The van der Waals surface area contributed by atoms with Crippen LogP contribution in [-0.2, 0) is 0 Å². The van der Waals surface area contributed by atoms with E-state index in [2.05, 4.69) is 97.2 Å². The van der Waals surface area contributed by atoms with Crippen molar-refractivity contribution in [3.8, 4) is 12.3 Å². The first-order valence-corrected chi connectivity index (χ1v) is 11.9. The van der Waals surface area contributed by atoms with Crippen LogP contribution < -0.4 is 0 Å². The maximum atomic E-state index is 4.60. The van der Waals surface area contributed by atoms with Crippen LogP contribution in [0.4, 0.5) is 0 Å². The summed E-state index contributed by atoms with van der Waals surface area (Å²) in [5, 5.41) is 0. The van der Waals surface area contributed by atoms with Gasteiger partial charge in [-0.15, -0.1) is 25.5 Å². The second kappa shape index (κ2) is 39.0. The van der Waals surface area contributed by atoms with E-state index in [0.29, 0.717) is 5.92 Å². The predicted octanol–water partition coefficient (Wildman–Crippen LogP) is 11.0. The van der Waals surface area contributed by atoms with Gasteiger partial charge in [-0.25, -0.2) is 0 Å². The number of unbranched alkanes of at least 4 members (excludes halogenated alkanes) is 2. The molecule has 0 rings (SSSR count). The molecule has 0 heterocycles. The zero-order chi connectivity index (χ0) is 26.2. The summed E-state index contributed by atoms with van der Waals surface area (Å²) in [6.45, 7) is 34.2. The highest BCUT2D eigenvalue weighted by molar-refractivity contribution is 5.42. The minimum absolute atomic E-state index is 0.499. The number of allylic oxidation sites excluding steroid dienone is 11. The third-order valence-corrected chi connectivity index (χ3v) is 3.65. The van der Waals surface area contributed by atoms with Crippen molar-refractivity contribution in [3.05, 3.63) is 98.2 Å². The average Bonchev–Trinajstić information content (AvgIpc) is 2.80. The fourth-order valence-electron chi connectivity index (χ4n) is 1.90. The lowest BCUT2D eigenvalue weighted by Gasteiger charge is -2.10. The van der Waals surface area contributed by atoms with E-state index in [0.717, 1.165) is 12.8 Å². The smallest absolute Gasteiger partial charge is 0.00297 e. The van der Waals surface area contributed by atoms with Crippen LogP contribution in [0.5, 0.6) is 0 Å². The monoisotopic (exact) mass is 438 g/mol. The zero-order valence-corrected chi connectivity index (χ0v) is 22.8. The quantitative estimate of drug-likeness (QED) is 0.130. The maximum Gasteiger partial charge on any atom is -0.00297 e. The largest absolute Gasteiger partial charge is 0.120 e. The van der Waals surface area contributed by atoms with Crippen molar-refractivity contribution in [1.29, 1.82) is 0 Å². The van der Waals surface area contributed by atoms with E-state index in [9.17, 15) is 0 Å². The molecule has 0 heteroatoms. The molecule has 0 aromatic heterocycles. The van der Waals surface area contributed by atoms with Crippen LogP contribution in [0, 0.1) is 18.3 Å². The Hall–Kier alpha value is -2.52. The van der Waals surface area contributed by atoms with Crippen molar-refractivity contribution in [2.45, 2.75) is 87.5 Å².